The van der Waals surface area contributed by atoms with Crippen LogP contribution in [0, 0.1) is 0 Å². The van der Waals surface area contributed by atoms with E-state index in [9.17, 15) is 9.90 Å². The second kappa shape index (κ2) is 9.33. The third kappa shape index (κ3) is 7.04. The van der Waals surface area contributed by atoms with Gasteiger partial charge in [-0.15, -0.1) is 11.8 Å². The molecule has 0 aliphatic carbocycles. The second-order valence-electron chi connectivity index (χ2n) is 9.19. The van der Waals surface area contributed by atoms with E-state index in [1.807, 2.05) is 13.8 Å². The van der Waals surface area contributed by atoms with Crippen LogP contribution in [0.3, 0.4) is 0 Å². The summed E-state index contributed by atoms with van der Waals surface area (Å²) in [4.78, 5) is 12.2. The fourth-order valence-corrected chi connectivity index (χ4v) is 3.94. The summed E-state index contributed by atoms with van der Waals surface area (Å²) >= 11 is 1.72. The summed E-state index contributed by atoms with van der Waals surface area (Å²) in [5, 5.41) is 19.9. The topological polar surface area (TPSA) is 66.8 Å². The van der Waals surface area contributed by atoms with Crippen molar-refractivity contribution < 1.29 is 19.7 Å². The van der Waals surface area contributed by atoms with E-state index >= 15 is 0 Å². The minimum atomic E-state index is -0.903. The summed E-state index contributed by atoms with van der Waals surface area (Å²) in [5.41, 5.74) is 1.62. The van der Waals surface area contributed by atoms with Crippen LogP contribution in [0.5, 0.6) is 5.75 Å². The molecule has 0 aliphatic heterocycles. The molecule has 1 aromatic rings. The van der Waals surface area contributed by atoms with E-state index in [0.717, 1.165) is 28.2 Å². The Morgan fingerprint density at radius 1 is 1.11 bits per heavy atom. The van der Waals surface area contributed by atoms with Crippen molar-refractivity contribution in [3.63, 3.8) is 0 Å². The Hall–Kier alpha value is -1.20. The minimum absolute atomic E-state index is 0.111. The number of carboxylic acids is 1. The maximum Gasteiger partial charge on any atom is 0.332 e. The van der Waals surface area contributed by atoms with Gasteiger partial charge in [-0.2, -0.15) is 0 Å². The molecule has 2 atom stereocenters. The van der Waals surface area contributed by atoms with Gasteiger partial charge < -0.3 is 14.9 Å². The van der Waals surface area contributed by atoms with Gasteiger partial charge >= 0.3 is 5.97 Å². The second-order valence-corrected chi connectivity index (χ2v) is 10.4. The summed E-state index contributed by atoms with van der Waals surface area (Å²) in [5.74, 6) is 0.318. The zero-order chi connectivity index (χ0) is 21.0. The smallest absolute Gasteiger partial charge is 0.332 e. The van der Waals surface area contributed by atoms with Crippen LogP contribution in [-0.4, -0.2) is 34.1 Å². The number of phenolic OH excluding ortho intramolecular Hbond substituents is 1. The largest absolute Gasteiger partial charge is 0.507 e. The maximum absolute atomic E-state index is 11.1. The van der Waals surface area contributed by atoms with Crippen molar-refractivity contribution in [3.8, 4) is 5.75 Å². The average Bonchev–Trinajstić information content (AvgIpc) is 2.51. The monoisotopic (exact) mass is 396 g/mol. The number of carbonyl (C=O) groups is 1. The molecular formula is C22H36O4S. The van der Waals surface area contributed by atoms with Gasteiger partial charge in [0.1, 0.15) is 5.75 Å². The molecule has 27 heavy (non-hydrogen) atoms. The highest BCUT2D eigenvalue weighted by Crippen LogP contribution is 2.41. The van der Waals surface area contributed by atoms with Crippen molar-refractivity contribution in [2.75, 3.05) is 5.75 Å². The summed E-state index contributed by atoms with van der Waals surface area (Å²) in [7, 11) is 0. The number of aromatic hydroxyl groups is 1. The van der Waals surface area contributed by atoms with Crippen molar-refractivity contribution >= 4 is 17.7 Å². The van der Waals surface area contributed by atoms with Gasteiger partial charge in [-0.05, 0) is 42.7 Å². The number of carboxylic acid groups (broad SMARTS) is 1. The summed E-state index contributed by atoms with van der Waals surface area (Å²) in [6.45, 7) is 16.4. The van der Waals surface area contributed by atoms with E-state index in [1.54, 1.807) is 11.8 Å². The van der Waals surface area contributed by atoms with Crippen LogP contribution in [0.4, 0.5) is 0 Å². The predicted octanol–water partition coefficient (Wildman–Crippen LogP) is 5.74. The molecule has 0 radical (unpaired) electrons. The fraction of sp³-hybridized carbons (Fsp3) is 0.682. The molecule has 0 fully saturated rings. The zero-order valence-electron chi connectivity index (χ0n) is 18.0. The van der Waals surface area contributed by atoms with Gasteiger partial charge in [0, 0.05) is 21.8 Å². The van der Waals surface area contributed by atoms with Crippen molar-refractivity contribution in [2.24, 2.45) is 0 Å². The number of phenols is 1. The standard InChI is InChI=1S/C22H36O4S/c1-9-18(20(24)25)26-14(2)10-11-27-15-12-16(21(3,4)5)19(23)17(13-15)22(6,7)8/h12-14,18,23H,9-11H2,1-8H3,(H,24,25). The lowest BCUT2D eigenvalue weighted by Gasteiger charge is -2.28. The molecule has 1 aromatic carbocycles. The summed E-state index contributed by atoms with van der Waals surface area (Å²) < 4.78 is 5.62. The first-order chi connectivity index (χ1) is 12.3. The van der Waals surface area contributed by atoms with Crippen molar-refractivity contribution in [2.45, 2.75) is 96.2 Å². The lowest BCUT2D eigenvalue weighted by molar-refractivity contribution is -0.154. The molecule has 2 N–H and O–H groups in total. The van der Waals surface area contributed by atoms with E-state index in [2.05, 4.69) is 53.7 Å². The summed E-state index contributed by atoms with van der Waals surface area (Å²) in [6, 6.07) is 4.15. The molecule has 2 unspecified atom stereocenters. The molecule has 0 saturated carbocycles. The first-order valence-electron chi connectivity index (χ1n) is 9.66. The molecule has 0 heterocycles. The van der Waals surface area contributed by atoms with Gasteiger partial charge in [0.05, 0.1) is 6.10 Å². The number of thioether (sulfide) groups is 1. The molecule has 0 aromatic heterocycles. The molecule has 154 valence electrons. The first-order valence-corrected chi connectivity index (χ1v) is 10.6. The van der Waals surface area contributed by atoms with Gasteiger partial charge in [0.25, 0.3) is 0 Å². The Labute approximate surface area is 168 Å². The van der Waals surface area contributed by atoms with E-state index in [-0.39, 0.29) is 16.9 Å². The number of aliphatic carboxylic acids is 1. The SMILES string of the molecule is CCC(OC(C)CCSc1cc(C(C)(C)C)c(O)c(C(C)(C)C)c1)C(=O)O. The van der Waals surface area contributed by atoms with Crippen molar-refractivity contribution in [1.29, 1.82) is 0 Å². The average molecular weight is 397 g/mol. The van der Waals surface area contributed by atoms with Gasteiger partial charge in [-0.25, -0.2) is 4.79 Å². The van der Waals surface area contributed by atoms with Crippen molar-refractivity contribution in [1.82, 2.24) is 0 Å². The van der Waals surface area contributed by atoms with Crippen LogP contribution in [0.15, 0.2) is 17.0 Å². The molecule has 0 amide bonds. The number of benzene rings is 1. The third-order valence-corrected chi connectivity index (χ3v) is 5.54. The van der Waals surface area contributed by atoms with Crippen LogP contribution >= 0.6 is 11.8 Å². The van der Waals surface area contributed by atoms with Crippen LogP contribution in [0.2, 0.25) is 0 Å². The normalized spacial score (nSPS) is 14.8. The predicted molar refractivity (Wildman–Crippen MR) is 113 cm³/mol. The Morgan fingerprint density at radius 3 is 1.96 bits per heavy atom. The molecule has 0 saturated heterocycles. The maximum atomic E-state index is 11.1. The Kier molecular flexibility index (Phi) is 8.24. The van der Waals surface area contributed by atoms with Crippen LogP contribution < -0.4 is 0 Å². The highest BCUT2D eigenvalue weighted by atomic mass is 32.2. The number of ether oxygens (including phenoxy) is 1. The highest BCUT2D eigenvalue weighted by molar-refractivity contribution is 7.99. The van der Waals surface area contributed by atoms with Gasteiger partial charge in [-0.3, -0.25) is 0 Å². The molecule has 5 heteroatoms. The van der Waals surface area contributed by atoms with E-state index < -0.39 is 12.1 Å². The molecule has 0 bridgehead atoms. The highest BCUT2D eigenvalue weighted by Gasteiger charge is 2.26. The van der Waals surface area contributed by atoms with Crippen molar-refractivity contribution in [3.05, 3.63) is 23.3 Å². The lowest BCUT2D eigenvalue weighted by Crippen LogP contribution is -2.27. The van der Waals surface area contributed by atoms with E-state index in [4.69, 9.17) is 9.84 Å². The number of hydrogen-bond donors (Lipinski definition) is 2. The van der Waals surface area contributed by atoms with Crippen LogP contribution in [0.25, 0.3) is 0 Å². The third-order valence-electron chi connectivity index (χ3n) is 4.54. The van der Waals surface area contributed by atoms with Gasteiger partial charge in [0.2, 0.25) is 0 Å². The van der Waals surface area contributed by atoms with Gasteiger partial charge in [0.15, 0.2) is 6.10 Å². The zero-order valence-corrected chi connectivity index (χ0v) is 18.9. The first kappa shape index (κ1) is 23.8. The number of hydrogen-bond acceptors (Lipinski definition) is 4. The quantitative estimate of drug-likeness (QED) is 0.549. The molecule has 0 spiro atoms. The minimum Gasteiger partial charge on any atom is -0.507 e. The fourth-order valence-electron chi connectivity index (χ4n) is 2.85. The van der Waals surface area contributed by atoms with E-state index in [0.29, 0.717) is 12.2 Å². The molecule has 4 nitrogen and oxygen atoms in total. The molecular weight excluding hydrogens is 360 g/mol. The van der Waals surface area contributed by atoms with Crippen LogP contribution in [-0.2, 0) is 20.4 Å². The summed E-state index contributed by atoms with van der Waals surface area (Å²) in [6.07, 6.45) is 0.387. The molecule has 0 aliphatic rings. The number of rotatable bonds is 8. The Bertz CT molecular complexity index is 606. The lowest BCUT2D eigenvalue weighted by atomic mass is 9.79. The Morgan fingerprint density at radius 2 is 1.59 bits per heavy atom. The van der Waals surface area contributed by atoms with E-state index in [1.165, 1.54) is 0 Å². The molecule has 1 rings (SSSR count). The van der Waals surface area contributed by atoms with Crippen LogP contribution in [0.1, 0.15) is 79.4 Å². The Balaban J connectivity index is 2.90. The van der Waals surface area contributed by atoms with Gasteiger partial charge in [-0.1, -0.05) is 48.5 Å².